The highest BCUT2D eigenvalue weighted by atomic mass is 16.7. The maximum Gasteiger partial charge on any atom is 0.186 e. The van der Waals surface area contributed by atoms with Crippen LogP contribution in [-0.2, 0) is 18.9 Å². The van der Waals surface area contributed by atoms with E-state index in [4.69, 9.17) is 18.9 Å². The van der Waals surface area contributed by atoms with Gasteiger partial charge in [0.05, 0.1) is 37.1 Å². The molecule has 2 aliphatic heterocycles. The summed E-state index contributed by atoms with van der Waals surface area (Å²) in [6.07, 6.45) is -8.29. The third-order valence-corrected chi connectivity index (χ3v) is 15.3. The van der Waals surface area contributed by atoms with Crippen LogP contribution in [0.5, 0.6) is 0 Å². The summed E-state index contributed by atoms with van der Waals surface area (Å²) in [7, 11) is 0. The first-order valence-electron chi connectivity index (χ1n) is 20.1. The molecule has 13 nitrogen and oxygen atoms in total. The molecule has 6 rings (SSSR count). The largest absolute Gasteiger partial charge is 0.394 e. The standard InChI is InChI=1S/C39H68O13/c1-17(2)7-10-25(42)18(3)29-26(50-37-35(48)33(46)31(44)27(16-40)51-37)15-24-22-9-8-20-13-21(41)14-28(39(20,6)23(22)11-12-38(24,29)5)52-36-34(47)32(45)30(43)19(4)49-36/h17-37,40-48H,7-16H2,1-6H3. The van der Waals surface area contributed by atoms with E-state index in [9.17, 15) is 46.0 Å². The summed E-state index contributed by atoms with van der Waals surface area (Å²) < 4.78 is 25.0. The van der Waals surface area contributed by atoms with Crippen molar-refractivity contribution in [2.45, 2.75) is 185 Å². The van der Waals surface area contributed by atoms with Crippen molar-refractivity contribution in [2.24, 2.45) is 52.3 Å². The Labute approximate surface area is 308 Å². The van der Waals surface area contributed by atoms with Gasteiger partial charge in [0.2, 0.25) is 0 Å². The van der Waals surface area contributed by atoms with Gasteiger partial charge in [-0.1, -0.05) is 34.6 Å². The second kappa shape index (κ2) is 15.8. The van der Waals surface area contributed by atoms with E-state index in [1.54, 1.807) is 6.92 Å². The highest BCUT2D eigenvalue weighted by Gasteiger charge is 2.66. The van der Waals surface area contributed by atoms with Crippen molar-refractivity contribution in [2.75, 3.05) is 6.61 Å². The molecule has 0 bridgehead atoms. The van der Waals surface area contributed by atoms with Crippen molar-refractivity contribution >= 4 is 0 Å². The van der Waals surface area contributed by atoms with E-state index < -0.39 is 92.4 Å². The number of hydrogen-bond donors (Lipinski definition) is 9. The summed E-state index contributed by atoms with van der Waals surface area (Å²) >= 11 is 0. The molecule has 4 aliphatic carbocycles. The maximum absolute atomic E-state index is 11.6. The average Bonchev–Trinajstić information content (AvgIpc) is 3.40. The Balaban J connectivity index is 1.30. The zero-order chi connectivity index (χ0) is 38.0. The number of hydrogen-bond acceptors (Lipinski definition) is 13. The number of aliphatic hydroxyl groups is 9. The summed E-state index contributed by atoms with van der Waals surface area (Å²) in [4.78, 5) is 0. The van der Waals surface area contributed by atoms with Crippen molar-refractivity contribution in [3.05, 3.63) is 0 Å². The van der Waals surface area contributed by atoms with Crippen LogP contribution in [0.2, 0.25) is 0 Å². The number of aliphatic hydroxyl groups excluding tert-OH is 9. The van der Waals surface area contributed by atoms with Crippen LogP contribution in [0.1, 0.15) is 99.3 Å². The normalized spacial score (nSPS) is 53.5. The van der Waals surface area contributed by atoms with E-state index in [1.807, 2.05) is 0 Å². The molecule has 0 aromatic rings. The molecule has 2 saturated heterocycles. The third kappa shape index (κ3) is 7.16. The van der Waals surface area contributed by atoms with Gasteiger partial charge >= 0.3 is 0 Å². The smallest absolute Gasteiger partial charge is 0.186 e. The fourth-order valence-electron chi connectivity index (χ4n) is 12.2. The Morgan fingerprint density at radius 1 is 0.731 bits per heavy atom. The number of rotatable bonds is 10. The molecule has 0 aromatic carbocycles. The lowest BCUT2D eigenvalue weighted by Gasteiger charge is -2.63. The van der Waals surface area contributed by atoms with E-state index in [0.717, 1.165) is 32.1 Å². The van der Waals surface area contributed by atoms with Gasteiger partial charge in [-0.25, -0.2) is 0 Å². The van der Waals surface area contributed by atoms with E-state index in [1.165, 1.54) is 0 Å². The molecular weight excluding hydrogens is 676 g/mol. The van der Waals surface area contributed by atoms with Crippen LogP contribution in [0.25, 0.3) is 0 Å². The predicted octanol–water partition coefficient (Wildman–Crippen LogP) is 1.06. The third-order valence-electron chi connectivity index (χ3n) is 15.3. The van der Waals surface area contributed by atoms with Gasteiger partial charge in [0, 0.05) is 6.42 Å². The van der Waals surface area contributed by atoms with Crippen LogP contribution in [0, 0.1) is 52.3 Å². The minimum Gasteiger partial charge on any atom is -0.394 e. The van der Waals surface area contributed by atoms with Gasteiger partial charge in [-0.3, -0.25) is 0 Å². The molecule has 9 N–H and O–H groups in total. The molecule has 6 fully saturated rings. The second-order valence-corrected chi connectivity index (χ2v) is 18.5. The first kappa shape index (κ1) is 41.1. The van der Waals surface area contributed by atoms with Gasteiger partial charge in [-0.15, -0.1) is 0 Å². The summed E-state index contributed by atoms with van der Waals surface area (Å²) in [6.45, 7) is 12.0. The fourth-order valence-corrected chi connectivity index (χ4v) is 12.2. The summed E-state index contributed by atoms with van der Waals surface area (Å²) in [5, 5.41) is 96.4. The van der Waals surface area contributed by atoms with Gasteiger partial charge in [0.25, 0.3) is 0 Å². The van der Waals surface area contributed by atoms with E-state index in [0.29, 0.717) is 31.6 Å². The second-order valence-electron chi connectivity index (χ2n) is 18.5. The topological polar surface area (TPSA) is 219 Å². The average molecular weight is 745 g/mol. The molecule has 22 unspecified atom stereocenters. The molecule has 52 heavy (non-hydrogen) atoms. The SMILES string of the molecule is CC(C)CCC(O)C(C)C1C(OC2OC(CO)C(O)C(O)C2O)CC2C3CCC4CC(O)CC(OC5OC(C)C(O)C(O)C5O)C4(C)C3CCC21C. The lowest BCUT2D eigenvalue weighted by atomic mass is 9.43. The van der Waals surface area contributed by atoms with E-state index in [2.05, 4.69) is 34.6 Å². The van der Waals surface area contributed by atoms with Crippen LogP contribution in [0.4, 0.5) is 0 Å². The Kier molecular flexibility index (Phi) is 12.5. The monoisotopic (exact) mass is 744 g/mol. The number of fused-ring (bicyclic) bond motifs is 5. The fraction of sp³-hybridized carbons (Fsp3) is 1.00. The van der Waals surface area contributed by atoms with Gasteiger partial charge in [0.1, 0.15) is 42.7 Å². The van der Waals surface area contributed by atoms with Crippen LogP contribution in [0.3, 0.4) is 0 Å². The highest BCUT2D eigenvalue weighted by Crippen LogP contribution is 2.69. The molecule has 22 atom stereocenters. The Bertz CT molecular complexity index is 1190. The van der Waals surface area contributed by atoms with Crippen molar-refractivity contribution in [1.29, 1.82) is 0 Å². The molecule has 6 aliphatic rings. The van der Waals surface area contributed by atoms with Crippen molar-refractivity contribution in [3.63, 3.8) is 0 Å². The van der Waals surface area contributed by atoms with Gasteiger partial charge in [0.15, 0.2) is 12.6 Å². The van der Waals surface area contributed by atoms with Crippen LogP contribution in [0.15, 0.2) is 0 Å². The van der Waals surface area contributed by atoms with Gasteiger partial charge in [-0.05, 0) is 111 Å². The van der Waals surface area contributed by atoms with Crippen LogP contribution in [-0.4, -0.2) is 138 Å². The first-order chi connectivity index (χ1) is 24.4. The maximum atomic E-state index is 11.6. The molecule has 302 valence electrons. The lowest BCUT2D eigenvalue weighted by molar-refractivity contribution is -0.328. The molecule has 0 aromatic heterocycles. The Morgan fingerprint density at radius 2 is 1.38 bits per heavy atom. The van der Waals surface area contributed by atoms with Crippen molar-refractivity contribution in [1.82, 2.24) is 0 Å². The Morgan fingerprint density at radius 3 is 2.04 bits per heavy atom. The van der Waals surface area contributed by atoms with Gasteiger partial charge in [-0.2, -0.15) is 0 Å². The number of ether oxygens (including phenoxy) is 4. The molecule has 4 saturated carbocycles. The van der Waals surface area contributed by atoms with E-state index >= 15 is 0 Å². The molecule has 0 amide bonds. The van der Waals surface area contributed by atoms with E-state index in [-0.39, 0.29) is 46.3 Å². The summed E-state index contributed by atoms with van der Waals surface area (Å²) in [6, 6.07) is 0. The van der Waals surface area contributed by atoms with Crippen molar-refractivity contribution < 1.29 is 64.9 Å². The zero-order valence-corrected chi connectivity index (χ0v) is 31.9. The summed E-state index contributed by atoms with van der Waals surface area (Å²) in [5.74, 6) is 0.947. The molecule has 13 heteroatoms. The Hall–Kier alpha value is -0.520. The quantitative estimate of drug-likeness (QED) is 0.153. The molecule has 2 heterocycles. The van der Waals surface area contributed by atoms with Crippen LogP contribution >= 0.6 is 0 Å². The predicted molar refractivity (Wildman–Crippen MR) is 187 cm³/mol. The van der Waals surface area contributed by atoms with Gasteiger partial charge < -0.3 is 64.9 Å². The van der Waals surface area contributed by atoms with Crippen LogP contribution < -0.4 is 0 Å². The minimum absolute atomic E-state index is 0.112. The van der Waals surface area contributed by atoms with Crippen molar-refractivity contribution in [3.8, 4) is 0 Å². The zero-order valence-electron chi connectivity index (χ0n) is 31.9. The molecule has 0 radical (unpaired) electrons. The lowest BCUT2D eigenvalue weighted by Crippen LogP contribution is -2.63. The minimum atomic E-state index is -1.56. The summed E-state index contributed by atoms with van der Waals surface area (Å²) in [5.41, 5.74) is -0.630. The molecular formula is C39H68O13. The molecule has 0 spiro atoms. The highest BCUT2D eigenvalue weighted by molar-refractivity contribution is 5.14. The first-order valence-corrected chi connectivity index (χ1v) is 20.1.